The third-order valence-electron chi connectivity index (χ3n) is 2.84. The van der Waals surface area contributed by atoms with Gasteiger partial charge in [-0.3, -0.25) is 0 Å². The number of hydrogen-bond acceptors (Lipinski definition) is 3. The summed E-state index contributed by atoms with van der Waals surface area (Å²) in [7, 11) is 0. The van der Waals surface area contributed by atoms with Crippen LogP contribution in [0.4, 0.5) is 5.82 Å². The molecule has 4 nitrogen and oxygen atoms in total. The van der Waals surface area contributed by atoms with Gasteiger partial charge in [-0.25, -0.2) is 4.98 Å². The smallest absolute Gasteiger partial charge is 0.160 e. The fraction of sp³-hybridized carbons (Fsp3) is 0.0769. The quantitative estimate of drug-likeness (QED) is 0.792. The van der Waals surface area contributed by atoms with Crippen LogP contribution in [0.1, 0.15) is 11.1 Å². The standard InChI is InChI=1S/C13H11BrN4/c14-11-4-2-1-3-9(11)7-10-8-17-18-12(15)5-6-16-13(10)18/h1-6,8H,7,15H2. The molecule has 2 aromatic heterocycles. The molecule has 1 aromatic carbocycles. The van der Waals surface area contributed by atoms with E-state index in [2.05, 4.69) is 32.1 Å². The van der Waals surface area contributed by atoms with Crippen molar-refractivity contribution in [1.82, 2.24) is 14.6 Å². The molecule has 0 aliphatic carbocycles. The van der Waals surface area contributed by atoms with Crippen LogP contribution in [-0.4, -0.2) is 14.6 Å². The zero-order chi connectivity index (χ0) is 12.5. The van der Waals surface area contributed by atoms with E-state index < -0.39 is 0 Å². The van der Waals surface area contributed by atoms with E-state index in [0.717, 1.165) is 22.1 Å². The minimum Gasteiger partial charge on any atom is -0.384 e. The lowest BCUT2D eigenvalue weighted by atomic mass is 10.1. The molecule has 18 heavy (non-hydrogen) atoms. The van der Waals surface area contributed by atoms with Gasteiger partial charge in [-0.2, -0.15) is 9.61 Å². The van der Waals surface area contributed by atoms with Gasteiger partial charge in [0.25, 0.3) is 0 Å². The molecule has 0 fully saturated rings. The number of nitrogens with zero attached hydrogens (tertiary/aromatic N) is 3. The van der Waals surface area contributed by atoms with Gasteiger partial charge in [0.1, 0.15) is 5.82 Å². The Balaban J connectivity index is 2.06. The first kappa shape index (κ1) is 11.2. The highest BCUT2D eigenvalue weighted by atomic mass is 79.9. The van der Waals surface area contributed by atoms with Gasteiger partial charge in [-0.1, -0.05) is 34.1 Å². The minimum atomic E-state index is 0.596. The Morgan fingerprint density at radius 2 is 2.00 bits per heavy atom. The van der Waals surface area contributed by atoms with Crippen LogP contribution >= 0.6 is 15.9 Å². The van der Waals surface area contributed by atoms with Crippen LogP contribution in [0.2, 0.25) is 0 Å². The summed E-state index contributed by atoms with van der Waals surface area (Å²) in [6.45, 7) is 0. The number of nitrogens with two attached hydrogens (primary N) is 1. The summed E-state index contributed by atoms with van der Waals surface area (Å²) in [6.07, 6.45) is 4.30. The number of hydrogen-bond donors (Lipinski definition) is 1. The molecule has 3 aromatic rings. The second kappa shape index (κ2) is 4.42. The van der Waals surface area contributed by atoms with Crippen molar-refractivity contribution in [3.63, 3.8) is 0 Å². The molecule has 90 valence electrons. The van der Waals surface area contributed by atoms with Crippen LogP contribution in [0.5, 0.6) is 0 Å². The number of anilines is 1. The van der Waals surface area contributed by atoms with E-state index in [0.29, 0.717) is 5.82 Å². The number of fused-ring (bicyclic) bond motifs is 1. The second-order valence-electron chi connectivity index (χ2n) is 4.04. The maximum Gasteiger partial charge on any atom is 0.160 e. The molecular formula is C13H11BrN4. The van der Waals surface area contributed by atoms with Gasteiger partial charge in [0.2, 0.25) is 0 Å². The van der Waals surface area contributed by atoms with Gasteiger partial charge in [-0.15, -0.1) is 0 Å². The van der Waals surface area contributed by atoms with Crippen LogP contribution in [0.3, 0.4) is 0 Å². The molecule has 0 saturated carbocycles. The molecule has 0 saturated heterocycles. The normalized spacial score (nSPS) is 10.9. The fourth-order valence-corrected chi connectivity index (χ4v) is 2.35. The van der Waals surface area contributed by atoms with E-state index >= 15 is 0 Å². The predicted octanol–water partition coefficient (Wildman–Crippen LogP) is 2.66. The van der Waals surface area contributed by atoms with Gasteiger partial charge in [0.05, 0.1) is 6.20 Å². The Morgan fingerprint density at radius 3 is 2.83 bits per heavy atom. The summed E-state index contributed by atoms with van der Waals surface area (Å²) in [4.78, 5) is 4.33. The monoisotopic (exact) mass is 302 g/mol. The van der Waals surface area contributed by atoms with E-state index in [1.54, 1.807) is 16.8 Å². The SMILES string of the molecule is Nc1ccnc2c(Cc3ccccc3Br)cnn12. The Hall–Kier alpha value is -1.88. The highest BCUT2D eigenvalue weighted by molar-refractivity contribution is 9.10. The zero-order valence-corrected chi connectivity index (χ0v) is 11.1. The van der Waals surface area contributed by atoms with E-state index in [1.807, 2.05) is 24.4 Å². The molecule has 0 atom stereocenters. The molecule has 0 spiro atoms. The topological polar surface area (TPSA) is 56.2 Å². The summed E-state index contributed by atoms with van der Waals surface area (Å²) in [5.74, 6) is 0.596. The highest BCUT2D eigenvalue weighted by Gasteiger charge is 2.09. The van der Waals surface area contributed by atoms with Crippen molar-refractivity contribution in [2.45, 2.75) is 6.42 Å². The van der Waals surface area contributed by atoms with Crippen LogP contribution in [0.25, 0.3) is 5.65 Å². The average Bonchev–Trinajstić information content (AvgIpc) is 2.77. The number of halogens is 1. The van der Waals surface area contributed by atoms with Crippen molar-refractivity contribution in [3.8, 4) is 0 Å². The molecule has 3 rings (SSSR count). The molecule has 0 unspecified atom stereocenters. The first-order valence-electron chi connectivity index (χ1n) is 5.56. The summed E-state index contributed by atoms with van der Waals surface area (Å²) in [6, 6.07) is 9.87. The molecular weight excluding hydrogens is 292 g/mol. The molecule has 0 bridgehead atoms. The van der Waals surface area contributed by atoms with Crippen molar-refractivity contribution < 1.29 is 0 Å². The average molecular weight is 303 g/mol. The Morgan fingerprint density at radius 1 is 1.17 bits per heavy atom. The van der Waals surface area contributed by atoms with Crippen molar-refractivity contribution in [2.24, 2.45) is 0 Å². The maximum atomic E-state index is 5.84. The largest absolute Gasteiger partial charge is 0.384 e. The summed E-state index contributed by atoms with van der Waals surface area (Å²) in [5, 5.41) is 4.26. The zero-order valence-electron chi connectivity index (χ0n) is 9.55. The first-order chi connectivity index (χ1) is 8.75. The predicted molar refractivity (Wildman–Crippen MR) is 74.3 cm³/mol. The minimum absolute atomic E-state index is 0.596. The Kier molecular flexibility index (Phi) is 2.76. The summed E-state index contributed by atoms with van der Waals surface area (Å²) < 4.78 is 2.75. The molecule has 0 amide bonds. The number of nitrogen functional groups attached to an aromatic ring is 1. The molecule has 5 heteroatoms. The van der Waals surface area contributed by atoms with E-state index in [-0.39, 0.29) is 0 Å². The van der Waals surface area contributed by atoms with Gasteiger partial charge in [0.15, 0.2) is 5.65 Å². The summed E-state index contributed by atoms with van der Waals surface area (Å²) in [5.41, 5.74) is 8.92. The molecule has 2 heterocycles. The van der Waals surface area contributed by atoms with Crippen LogP contribution in [0.15, 0.2) is 47.2 Å². The lowest BCUT2D eigenvalue weighted by Crippen LogP contribution is -1.99. The van der Waals surface area contributed by atoms with Crippen LogP contribution < -0.4 is 5.73 Å². The van der Waals surface area contributed by atoms with E-state index in [4.69, 9.17) is 5.73 Å². The first-order valence-corrected chi connectivity index (χ1v) is 6.35. The second-order valence-corrected chi connectivity index (χ2v) is 4.90. The van der Waals surface area contributed by atoms with Gasteiger partial charge in [0, 0.05) is 22.7 Å². The lowest BCUT2D eigenvalue weighted by molar-refractivity contribution is 0.952. The van der Waals surface area contributed by atoms with Crippen molar-refractivity contribution >= 4 is 27.4 Å². The fourth-order valence-electron chi connectivity index (χ4n) is 1.93. The van der Waals surface area contributed by atoms with Gasteiger partial charge in [-0.05, 0) is 17.7 Å². The van der Waals surface area contributed by atoms with Crippen LogP contribution in [-0.2, 0) is 6.42 Å². The molecule has 0 radical (unpaired) electrons. The number of rotatable bonds is 2. The summed E-state index contributed by atoms with van der Waals surface area (Å²) >= 11 is 3.55. The maximum absolute atomic E-state index is 5.84. The van der Waals surface area contributed by atoms with E-state index in [9.17, 15) is 0 Å². The lowest BCUT2D eigenvalue weighted by Gasteiger charge is -2.03. The Bertz CT molecular complexity index is 705. The Labute approximate surface area is 113 Å². The molecule has 0 aliphatic rings. The molecule has 0 aliphatic heterocycles. The number of benzene rings is 1. The van der Waals surface area contributed by atoms with Gasteiger partial charge >= 0.3 is 0 Å². The van der Waals surface area contributed by atoms with Gasteiger partial charge < -0.3 is 5.73 Å². The highest BCUT2D eigenvalue weighted by Crippen LogP contribution is 2.21. The van der Waals surface area contributed by atoms with Crippen molar-refractivity contribution in [2.75, 3.05) is 5.73 Å². The van der Waals surface area contributed by atoms with E-state index in [1.165, 1.54) is 5.56 Å². The third kappa shape index (κ3) is 1.86. The van der Waals surface area contributed by atoms with Crippen LogP contribution in [0, 0.1) is 0 Å². The van der Waals surface area contributed by atoms with Crippen molar-refractivity contribution in [3.05, 3.63) is 58.3 Å². The van der Waals surface area contributed by atoms with Crippen molar-refractivity contribution in [1.29, 1.82) is 0 Å². The molecule has 2 N–H and O–H groups in total. The third-order valence-corrected chi connectivity index (χ3v) is 3.62. The number of aromatic nitrogens is 3.